The number of anilines is 2. The molecule has 20 heavy (non-hydrogen) atoms. The van der Waals surface area contributed by atoms with Crippen molar-refractivity contribution in [3.05, 3.63) is 45.6 Å². The fourth-order valence-corrected chi connectivity index (χ4v) is 2.27. The maximum Gasteiger partial charge on any atom is 0.148 e. The number of nitrogens with one attached hydrogen (secondary N) is 1. The normalized spacial score (nSPS) is 9.95. The number of aryl methyl sites for hydroxylation is 2. The molecule has 0 spiro atoms. The summed E-state index contributed by atoms with van der Waals surface area (Å²) in [6, 6.07) is 9.67. The molecule has 0 saturated carbocycles. The molecular weight excluding hydrogens is 318 g/mol. The van der Waals surface area contributed by atoms with Crippen molar-refractivity contribution >= 4 is 27.4 Å². The van der Waals surface area contributed by atoms with Crippen LogP contribution < -0.4 is 10.1 Å². The van der Waals surface area contributed by atoms with E-state index in [4.69, 9.17) is 4.74 Å². The van der Waals surface area contributed by atoms with E-state index < -0.39 is 0 Å². The highest BCUT2D eigenvalue weighted by atomic mass is 79.9. The largest absolute Gasteiger partial charge is 0.497 e. The Hall–Kier alpha value is -2.06. The van der Waals surface area contributed by atoms with Crippen molar-refractivity contribution in [1.82, 2.24) is 4.98 Å². The highest BCUT2D eigenvalue weighted by Crippen LogP contribution is 2.31. The summed E-state index contributed by atoms with van der Waals surface area (Å²) in [7, 11) is 1.61. The molecule has 0 bridgehead atoms. The molecule has 102 valence electrons. The third-order valence-electron chi connectivity index (χ3n) is 2.88. The molecule has 1 heterocycles. The third kappa shape index (κ3) is 2.91. The van der Waals surface area contributed by atoms with E-state index in [2.05, 4.69) is 32.3 Å². The van der Waals surface area contributed by atoms with Crippen LogP contribution in [0.4, 0.5) is 11.5 Å². The van der Waals surface area contributed by atoms with Crippen LogP contribution in [0.1, 0.15) is 16.8 Å². The number of halogens is 1. The predicted octanol–water partition coefficient (Wildman–Crippen LogP) is 4.08. The van der Waals surface area contributed by atoms with Crippen molar-refractivity contribution in [2.45, 2.75) is 13.8 Å². The Bertz CT molecular complexity index is 692. The summed E-state index contributed by atoms with van der Waals surface area (Å²) < 4.78 is 6.08. The van der Waals surface area contributed by atoms with Crippen LogP contribution in [0.2, 0.25) is 0 Å². The summed E-state index contributed by atoms with van der Waals surface area (Å²) >= 11 is 3.47. The summed E-state index contributed by atoms with van der Waals surface area (Å²) in [5, 5.41) is 12.5. The summed E-state index contributed by atoms with van der Waals surface area (Å²) in [4.78, 5) is 4.40. The van der Waals surface area contributed by atoms with E-state index in [1.807, 2.05) is 38.1 Å². The molecule has 0 fully saturated rings. The number of nitriles is 1. The van der Waals surface area contributed by atoms with E-state index in [0.717, 1.165) is 27.2 Å². The van der Waals surface area contributed by atoms with E-state index in [0.29, 0.717) is 11.4 Å². The molecule has 1 N–H and O–H groups in total. The second-order valence-corrected chi connectivity index (χ2v) is 5.24. The Morgan fingerprint density at radius 2 is 2.05 bits per heavy atom. The highest BCUT2D eigenvalue weighted by molar-refractivity contribution is 9.10. The minimum absolute atomic E-state index is 0.547. The Balaban J connectivity index is 2.47. The highest BCUT2D eigenvalue weighted by Gasteiger charge is 2.10. The van der Waals surface area contributed by atoms with Crippen molar-refractivity contribution < 1.29 is 4.74 Å². The molecule has 2 rings (SSSR count). The lowest BCUT2D eigenvalue weighted by Crippen LogP contribution is -2.01. The molecule has 5 heteroatoms. The Kier molecular flexibility index (Phi) is 4.26. The Labute approximate surface area is 126 Å². The van der Waals surface area contributed by atoms with Crippen molar-refractivity contribution in [2.75, 3.05) is 12.4 Å². The van der Waals surface area contributed by atoms with Crippen LogP contribution >= 0.6 is 15.9 Å². The second-order valence-electron chi connectivity index (χ2n) is 4.39. The zero-order valence-corrected chi connectivity index (χ0v) is 13.1. The first kappa shape index (κ1) is 14.4. The molecule has 0 aliphatic heterocycles. The number of hydrogen-bond acceptors (Lipinski definition) is 4. The van der Waals surface area contributed by atoms with Crippen LogP contribution in [0.3, 0.4) is 0 Å². The van der Waals surface area contributed by atoms with E-state index in [-0.39, 0.29) is 0 Å². The number of methoxy groups -OCH3 is 1. The van der Waals surface area contributed by atoms with Crippen LogP contribution in [0.5, 0.6) is 5.75 Å². The van der Waals surface area contributed by atoms with Crippen LogP contribution in [0.15, 0.2) is 28.7 Å². The SMILES string of the molecule is COc1ccc(Br)c(Nc2nc(C)cc(C)c2C#N)c1. The number of benzene rings is 1. The van der Waals surface area contributed by atoms with Gasteiger partial charge < -0.3 is 10.1 Å². The summed E-state index contributed by atoms with van der Waals surface area (Å²) in [6.45, 7) is 3.80. The van der Waals surface area contributed by atoms with E-state index in [1.165, 1.54) is 0 Å². The van der Waals surface area contributed by atoms with Gasteiger partial charge in [0.25, 0.3) is 0 Å². The number of rotatable bonds is 3. The third-order valence-corrected chi connectivity index (χ3v) is 3.57. The molecule has 4 nitrogen and oxygen atoms in total. The lowest BCUT2D eigenvalue weighted by Gasteiger charge is -2.12. The first-order valence-electron chi connectivity index (χ1n) is 6.04. The van der Waals surface area contributed by atoms with E-state index >= 15 is 0 Å². The molecule has 0 atom stereocenters. The molecule has 0 aliphatic carbocycles. The van der Waals surface area contributed by atoms with Crippen LogP contribution in [-0.4, -0.2) is 12.1 Å². The van der Waals surface area contributed by atoms with Gasteiger partial charge in [-0.15, -0.1) is 0 Å². The number of ether oxygens (including phenoxy) is 1. The zero-order chi connectivity index (χ0) is 14.7. The number of aromatic nitrogens is 1. The first-order chi connectivity index (χ1) is 9.55. The average molecular weight is 332 g/mol. The van der Waals surface area contributed by atoms with Crippen LogP contribution in [0.25, 0.3) is 0 Å². The minimum atomic E-state index is 0.547. The van der Waals surface area contributed by atoms with Gasteiger partial charge >= 0.3 is 0 Å². The van der Waals surface area contributed by atoms with Gasteiger partial charge in [-0.3, -0.25) is 0 Å². The number of pyridine rings is 1. The van der Waals surface area contributed by atoms with Gasteiger partial charge in [0.1, 0.15) is 17.6 Å². The van der Waals surface area contributed by atoms with E-state index in [9.17, 15) is 5.26 Å². The Morgan fingerprint density at radius 3 is 2.70 bits per heavy atom. The summed E-state index contributed by atoms with van der Waals surface area (Å²) in [5.74, 6) is 1.29. The van der Waals surface area contributed by atoms with E-state index in [1.54, 1.807) is 7.11 Å². The van der Waals surface area contributed by atoms with Gasteiger partial charge in [0.05, 0.1) is 18.4 Å². The molecule has 0 aliphatic rings. The predicted molar refractivity (Wildman–Crippen MR) is 82.4 cm³/mol. The first-order valence-corrected chi connectivity index (χ1v) is 6.83. The molecule has 0 radical (unpaired) electrons. The van der Waals surface area contributed by atoms with Crippen LogP contribution in [-0.2, 0) is 0 Å². The molecule has 0 amide bonds. The lowest BCUT2D eigenvalue weighted by molar-refractivity contribution is 0.415. The Morgan fingerprint density at radius 1 is 1.30 bits per heavy atom. The van der Waals surface area contributed by atoms with Gasteiger partial charge in [0.15, 0.2) is 0 Å². The lowest BCUT2D eigenvalue weighted by atomic mass is 10.1. The minimum Gasteiger partial charge on any atom is -0.497 e. The maximum atomic E-state index is 9.27. The zero-order valence-electron chi connectivity index (χ0n) is 11.5. The summed E-state index contributed by atoms with van der Waals surface area (Å²) in [5.41, 5.74) is 3.12. The van der Waals surface area contributed by atoms with Gasteiger partial charge in [-0.25, -0.2) is 4.98 Å². The smallest absolute Gasteiger partial charge is 0.148 e. The topological polar surface area (TPSA) is 57.9 Å². The summed E-state index contributed by atoms with van der Waals surface area (Å²) in [6.07, 6.45) is 0. The number of nitrogens with zero attached hydrogens (tertiary/aromatic N) is 2. The number of hydrogen-bond donors (Lipinski definition) is 1. The fourth-order valence-electron chi connectivity index (χ4n) is 1.92. The fraction of sp³-hybridized carbons (Fsp3) is 0.200. The second kappa shape index (κ2) is 5.93. The van der Waals surface area contributed by atoms with Crippen molar-refractivity contribution in [3.8, 4) is 11.8 Å². The van der Waals surface area contributed by atoms with Crippen molar-refractivity contribution in [1.29, 1.82) is 5.26 Å². The van der Waals surface area contributed by atoms with Crippen molar-refractivity contribution in [2.24, 2.45) is 0 Å². The molecule has 2 aromatic rings. The molecule has 0 unspecified atom stereocenters. The molecule has 0 saturated heterocycles. The molecule has 1 aromatic carbocycles. The standard InChI is InChI=1S/C15H14BrN3O/c1-9-6-10(2)18-15(12(9)8-17)19-14-7-11(20-3)4-5-13(14)16/h4-7H,1-3H3,(H,18,19). The van der Waals surface area contributed by atoms with Gasteiger partial charge in [0, 0.05) is 16.2 Å². The van der Waals surface area contributed by atoms with Crippen LogP contribution in [0, 0.1) is 25.2 Å². The van der Waals surface area contributed by atoms with Gasteiger partial charge in [0.2, 0.25) is 0 Å². The monoisotopic (exact) mass is 331 g/mol. The molecular formula is C15H14BrN3O. The van der Waals surface area contributed by atoms with Gasteiger partial charge in [-0.1, -0.05) is 0 Å². The van der Waals surface area contributed by atoms with Gasteiger partial charge in [-0.05, 0) is 53.5 Å². The van der Waals surface area contributed by atoms with Crippen molar-refractivity contribution in [3.63, 3.8) is 0 Å². The maximum absolute atomic E-state index is 9.27. The quantitative estimate of drug-likeness (QED) is 0.920. The average Bonchev–Trinajstić information content (AvgIpc) is 2.41. The molecule has 1 aromatic heterocycles. The van der Waals surface area contributed by atoms with Gasteiger partial charge in [-0.2, -0.15) is 5.26 Å².